The maximum atomic E-state index is 11.5. The molecule has 1 aromatic heterocycles. The minimum absolute atomic E-state index is 0.0368. The number of rotatable bonds is 6. The number of nitrogens with one attached hydrogen (secondary N) is 1. The third-order valence-electron chi connectivity index (χ3n) is 5.57. The van der Waals surface area contributed by atoms with Crippen molar-refractivity contribution in [2.24, 2.45) is 11.8 Å². The molecule has 25 heavy (non-hydrogen) atoms. The molecule has 0 bridgehead atoms. The first-order chi connectivity index (χ1) is 12.1. The maximum absolute atomic E-state index is 11.5. The lowest BCUT2D eigenvalue weighted by Crippen LogP contribution is -2.43. The predicted molar refractivity (Wildman–Crippen MR) is 103 cm³/mol. The van der Waals surface area contributed by atoms with E-state index in [1.807, 2.05) is 0 Å². The van der Waals surface area contributed by atoms with Crippen LogP contribution in [0.15, 0.2) is 5.38 Å². The van der Waals surface area contributed by atoms with Crippen molar-refractivity contribution in [3.05, 3.63) is 16.1 Å². The average molecular weight is 365 g/mol. The number of nitrogens with zero attached hydrogens (tertiary/aromatic N) is 3. The molecule has 6 heteroatoms. The van der Waals surface area contributed by atoms with Crippen LogP contribution in [0.2, 0.25) is 0 Å². The second-order valence-electron chi connectivity index (χ2n) is 7.81. The zero-order chi connectivity index (χ0) is 17.6. The first kappa shape index (κ1) is 18.8. The van der Waals surface area contributed by atoms with Crippen molar-refractivity contribution >= 4 is 17.2 Å². The van der Waals surface area contributed by atoms with Gasteiger partial charge in [-0.3, -0.25) is 9.69 Å². The van der Waals surface area contributed by atoms with Gasteiger partial charge in [-0.2, -0.15) is 0 Å². The van der Waals surface area contributed by atoms with E-state index >= 15 is 0 Å². The van der Waals surface area contributed by atoms with Crippen molar-refractivity contribution in [2.45, 2.75) is 45.6 Å². The lowest BCUT2D eigenvalue weighted by Gasteiger charge is -2.37. The topological polar surface area (TPSA) is 48.5 Å². The number of amides is 1. The molecule has 2 aliphatic rings. The Bertz CT molecular complexity index is 553. The van der Waals surface area contributed by atoms with Gasteiger partial charge < -0.3 is 10.2 Å². The summed E-state index contributed by atoms with van der Waals surface area (Å²) in [5.74, 6) is 1.74. The monoisotopic (exact) mass is 364 g/mol. The van der Waals surface area contributed by atoms with Gasteiger partial charge in [0.05, 0.1) is 12.1 Å². The van der Waals surface area contributed by atoms with Gasteiger partial charge in [0.2, 0.25) is 5.91 Å². The van der Waals surface area contributed by atoms with Crippen LogP contribution in [0.3, 0.4) is 0 Å². The summed E-state index contributed by atoms with van der Waals surface area (Å²) >= 11 is 1.60. The molecule has 3 rings (SSSR count). The van der Waals surface area contributed by atoms with E-state index in [9.17, 15) is 4.79 Å². The molecular weight excluding hydrogens is 332 g/mol. The van der Waals surface area contributed by atoms with Crippen LogP contribution in [-0.2, 0) is 17.8 Å². The lowest BCUT2D eigenvalue weighted by atomic mass is 9.94. The molecule has 0 aromatic carbocycles. The largest absolute Gasteiger partial charge is 0.359 e. The zero-order valence-corrected chi connectivity index (χ0v) is 16.5. The van der Waals surface area contributed by atoms with Crippen LogP contribution in [0.1, 0.15) is 43.3 Å². The van der Waals surface area contributed by atoms with Gasteiger partial charge in [-0.15, -0.1) is 11.3 Å². The van der Waals surface area contributed by atoms with Crippen molar-refractivity contribution in [1.82, 2.24) is 20.1 Å². The molecule has 1 atom stereocenters. The second kappa shape index (κ2) is 9.10. The number of hydrogen-bond acceptors (Lipinski definition) is 5. The smallest absolute Gasteiger partial charge is 0.226 e. The summed E-state index contributed by atoms with van der Waals surface area (Å²) in [6.45, 7) is 9.51. The van der Waals surface area contributed by atoms with E-state index in [4.69, 9.17) is 0 Å². The maximum Gasteiger partial charge on any atom is 0.226 e. The highest BCUT2D eigenvalue weighted by atomic mass is 32.1. The van der Waals surface area contributed by atoms with Gasteiger partial charge >= 0.3 is 0 Å². The number of hydrogen-bond donors (Lipinski definition) is 1. The first-order valence-corrected chi connectivity index (χ1v) is 10.6. The number of thiazole rings is 1. The van der Waals surface area contributed by atoms with Crippen molar-refractivity contribution in [3.8, 4) is 0 Å². The highest BCUT2D eigenvalue weighted by molar-refractivity contribution is 7.09. The average Bonchev–Trinajstić information content (AvgIpc) is 3.04. The van der Waals surface area contributed by atoms with E-state index in [2.05, 4.69) is 32.4 Å². The van der Waals surface area contributed by atoms with Crippen molar-refractivity contribution < 1.29 is 4.79 Å². The number of piperidine rings is 2. The summed E-state index contributed by atoms with van der Waals surface area (Å²) in [5.41, 5.74) is 1.12. The normalized spacial score (nSPS) is 23.7. The van der Waals surface area contributed by atoms with Crippen molar-refractivity contribution in [1.29, 1.82) is 0 Å². The summed E-state index contributed by atoms with van der Waals surface area (Å²) in [4.78, 5) is 21.4. The summed E-state index contributed by atoms with van der Waals surface area (Å²) in [6, 6.07) is 0. The van der Waals surface area contributed by atoms with Crippen LogP contribution in [0.5, 0.6) is 0 Å². The number of aromatic nitrogens is 1. The Kier molecular flexibility index (Phi) is 6.84. The van der Waals surface area contributed by atoms with E-state index in [0.717, 1.165) is 29.1 Å². The van der Waals surface area contributed by atoms with Crippen LogP contribution < -0.4 is 5.32 Å². The number of carbonyl (C=O) groups excluding carboxylic acids is 1. The number of carbonyl (C=O) groups is 1. The SMILES string of the molecule is CNC(=O)Cc1nc(CN2CCCC(CN3CCC(C)CC3)C2)cs1. The molecule has 140 valence electrons. The van der Waals surface area contributed by atoms with Crippen LogP contribution in [0.4, 0.5) is 0 Å². The van der Waals surface area contributed by atoms with E-state index in [1.165, 1.54) is 58.4 Å². The van der Waals surface area contributed by atoms with E-state index in [-0.39, 0.29) is 5.91 Å². The number of likely N-dealkylation sites (N-methyl/N-ethyl adjacent to an activating group) is 1. The van der Waals surface area contributed by atoms with Gasteiger partial charge in [0, 0.05) is 32.1 Å². The van der Waals surface area contributed by atoms with Crippen LogP contribution in [0, 0.1) is 11.8 Å². The third kappa shape index (κ3) is 5.76. The molecule has 1 aromatic rings. The lowest BCUT2D eigenvalue weighted by molar-refractivity contribution is -0.119. The van der Waals surface area contributed by atoms with Gasteiger partial charge in [0.25, 0.3) is 0 Å². The third-order valence-corrected chi connectivity index (χ3v) is 6.47. The van der Waals surface area contributed by atoms with E-state index in [0.29, 0.717) is 6.42 Å². The Hall–Kier alpha value is -0.980. The summed E-state index contributed by atoms with van der Waals surface area (Å²) in [5, 5.41) is 5.70. The van der Waals surface area contributed by atoms with Gasteiger partial charge in [-0.1, -0.05) is 6.92 Å². The highest BCUT2D eigenvalue weighted by Gasteiger charge is 2.24. The van der Waals surface area contributed by atoms with Crippen molar-refractivity contribution in [3.63, 3.8) is 0 Å². The Morgan fingerprint density at radius 1 is 1.28 bits per heavy atom. The Balaban J connectivity index is 1.46. The fourth-order valence-corrected chi connectivity index (χ4v) is 4.79. The molecule has 3 heterocycles. The predicted octanol–water partition coefficient (Wildman–Crippen LogP) is 2.38. The molecule has 5 nitrogen and oxygen atoms in total. The second-order valence-corrected chi connectivity index (χ2v) is 8.75. The minimum Gasteiger partial charge on any atom is -0.359 e. The molecule has 0 radical (unpaired) electrons. The molecule has 2 fully saturated rings. The molecular formula is C19H32N4OS. The molecule has 2 saturated heterocycles. The fourth-order valence-electron chi connectivity index (χ4n) is 4.01. The Labute approximate surface area is 155 Å². The molecule has 0 saturated carbocycles. The number of likely N-dealkylation sites (tertiary alicyclic amines) is 2. The Morgan fingerprint density at radius 3 is 2.84 bits per heavy atom. The van der Waals surface area contributed by atoms with E-state index < -0.39 is 0 Å². The summed E-state index contributed by atoms with van der Waals surface area (Å²) in [6.07, 6.45) is 5.79. The van der Waals surface area contributed by atoms with Crippen LogP contribution in [-0.4, -0.2) is 60.5 Å². The molecule has 1 amide bonds. The highest BCUT2D eigenvalue weighted by Crippen LogP contribution is 2.23. The van der Waals surface area contributed by atoms with E-state index in [1.54, 1.807) is 18.4 Å². The quantitative estimate of drug-likeness (QED) is 0.842. The molecule has 1 N–H and O–H groups in total. The Morgan fingerprint density at radius 2 is 2.08 bits per heavy atom. The van der Waals surface area contributed by atoms with Gasteiger partial charge in [0.15, 0.2) is 0 Å². The van der Waals surface area contributed by atoms with Crippen LogP contribution >= 0.6 is 11.3 Å². The van der Waals surface area contributed by atoms with Crippen LogP contribution in [0.25, 0.3) is 0 Å². The van der Waals surface area contributed by atoms with Crippen molar-refractivity contribution in [2.75, 3.05) is 39.8 Å². The summed E-state index contributed by atoms with van der Waals surface area (Å²) in [7, 11) is 1.67. The standard InChI is InChI=1S/C19H32N4OS/c1-15-5-8-22(9-6-15)11-16-4-3-7-23(12-16)13-17-14-25-19(21-17)10-18(24)20-2/h14-16H,3-13H2,1-2H3,(H,20,24). The van der Waals surface area contributed by atoms with Gasteiger partial charge in [0.1, 0.15) is 5.01 Å². The van der Waals surface area contributed by atoms with Gasteiger partial charge in [-0.05, 0) is 57.2 Å². The zero-order valence-electron chi connectivity index (χ0n) is 15.7. The fraction of sp³-hybridized carbons (Fsp3) is 0.789. The summed E-state index contributed by atoms with van der Waals surface area (Å²) < 4.78 is 0. The van der Waals surface area contributed by atoms with Gasteiger partial charge in [-0.25, -0.2) is 4.98 Å². The molecule has 1 unspecified atom stereocenters. The first-order valence-electron chi connectivity index (χ1n) is 9.71. The minimum atomic E-state index is 0.0368. The molecule has 0 spiro atoms. The molecule has 0 aliphatic carbocycles. The molecule has 2 aliphatic heterocycles.